The number of fused-ring (bicyclic) bond motifs is 5. The Hall–Kier alpha value is -4.94. The Morgan fingerprint density at radius 2 is 0.878 bits per heavy atom. The Kier molecular flexibility index (Phi) is 5.60. The fraction of sp³-hybridized carbons (Fsp3) is 0.0732. The van der Waals surface area contributed by atoms with Crippen molar-refractivity contribution in [1.29, 1.82) is 0 Å². The molecule has 1 atom stereocenters. The summed E-state index contributed by atoms with van der Waals surface area (Å²) >= 11 is 0. The molecule has 0 aliphatic heterocycles. The molecule has 0 spiro atoms. The van der Waals surface area contributed by atoms with Gasteiger partial charge >= 0.3 is 0 Å². The van der Waals surface area contributed by atoms with Gasteiger partial charge in [0.25, 0.3) is 0 Å². The molecule has 7 aromatic carbocycles. The molecule has 7 aromatic rings. The highest BCUT2D eigenvalue weighted by Gasteiger charge is 2.27. The van der Waals surface area contributed by atoms with Crippen molar-refractivity contribution in [2.45, 2.75) is 19.3 Å². The molecule has 0 amide bonds. The van der Waals surface area contributed by atoms with Crippen molar-refractivity contribution < 1.29 is 0 Å². The molecular weight excluding hydrogens is 492 g/mol. The molecular formula is C41H30. The average molecular weight is 523 g/mol. The van der Waals surface area contributed by atoms with Crippen molar-refractivity contribution in [3.05, 3.63) is 157 Å². The SMILES string of the molecule is CC1Cc2ccccc2-c2cc(-c3c4ccccc4c(-c4ccccc4)c4ccccc34)cc(-c3ccccc3)c21. The molecule has 0 nitrogen and oxygen atoms in total. The van der Waals surface area contributed by atoms with Crippen LogP contribution in [0.15, 0.2) is 146 Å². The maximum absolute atomic E-state index is 2.48. The smallest absolute Gasteiger partial charge is 0.00259 e. The predicted molar refractivity (Wildman–Crippen MR) is 175 cm³/mol. The number of hydrogen-bond donors (Lipinski definition) is 0. The van der Waals surface area contributed by atoms with E-state index in [1.54, 1.807) is 0 Å². The summed E-state index contributed by atoms with van der Waals surface area (Å²) in [4.78, 5) is 0. The first-order valence-corrected chi connectivity index (χ1v) is 14.6. The van der Waals surface area contributed by atoms with Crippen LogP contribution in [0.4, 0.5) is 0 Å². The zero-order valence-electron chi connectivity index (χ0n) is 23.1. The van der Waals surface area contributed by atoms with E-state index in [2.05, 4.69) is 153 Å². The second-order valence-electron chi connectivity index (χ2n) is 11.3. The maximum atomic E-state index is 2.48. The summed E-state index contributed by atoms with van der Waals surface area (Å²) < 4.78 is 0. The van der Waals surface area contributed by atoms with Crippen LogP contribution in [0, 0.1) is 0 Å². The monoisotopic (exact) mass is 522 g/mol. The van der Waals surface area contributed by atoms with Crippen LogP contribution < -0.4 is 0 Å². The summed E-state index contributed by atoms with van der Waals surface area (Å²) in [6.45, 7) is 2.39. The molecule has 1 unspecified atom stereocenters. The van der Waals surface area contributed by atoms with Crippen LogP contribution in [0.25, 0.3) is 66.1 Å². The minimum atomic E-state index is 0.443. The van der Waals surface area contributed by atoms with Gasteiger partial charge in [0.1, 0.15) is 0 Å². The van der Waals surface area contributed by atoms with Crippen LogP contribution in [0.2, 0.25) is 0 Å². The van der Waals surface area contributed by atoms with Crippen LogP contribution in [0.5, 0.6) is 0 Å². The molecule has 0 N–H and O–H groups in total. The van der Waals surface area contributed by atoms with Crippen molar-refractivity contribution in [2.24, 2.45) is 0 Å². The second kappa shape index (κ2) is 9.61. The summed E-state index contributed by atoms with van der Waals surface area (Å²) in [5.74, 6) is 0.443. The van der Waals surface area contributed by atoms with Crippen LogP contribution in [0.3, 0.4) is 0 Å². The minimum Gasteiger partial charge on any atom is -0.0622 e. The molecule has 0 radical (unpaired) electrons. The van der Waals surface area contributed by atoms with Crippen LogP contribution >= 0.6 is 0 Å². The summed E-state index contributed by atoms with van der Waals surface area (Å²) in [7, 11) is 0. The van der Waals surface area contributed by atoms with E-state index in [0.717, 1.165) is 6.42 Å². The van der Waals surface area contributed by atoms with Crippen molar-refractivity contribution in [3.63, 3.8) is 0 Å². The van der Waals surface area contributed by atoms with Gasteiger partial charge < -0.3 is 0 Å². The zero-order valence-corrected chi connectivity index (χ0v) is 23.1. The Morgan fingerprint density at radius 3 is 1.49 bits per heavy atom. The molecule has 0 bridgehead atoms. The van der Waals surface area contributed by atoms with E-state index in [-0.39, 0.29) is 0 Å². The lowest BCUT2D eigenvalue weighted by atomic mass is 9.74. The molecule has 194 valence electrons. The van der Waals surface area contributed by atoms with Gasteiger partial charge in [0, 0.05) is 0 Å². The van der Waals surface area contributed by atoms with Crippen LogP contribution in [-0.2, 0) is 6.42 Å². The standard InChI is InChI=1S/C41H30/c1-27-24-30-18-8-9-19-32(30)38-26-31(25-37(39(27)38)28-14-4-2-5-15-28)41-35-22-12-10-20-33(35)40(29-16-6-3-7-17-29)34-21-11-13-23-36(34)41/h2-23,25-27H,24H2,1H3. The van der Waals surface area contributed by atoms with Gasteiger partial charge in [0.2, 0.25) is 0 Å². The highest BCUT2D eigenvalue weighted by atomic mass is 14.3. The van der Waals surface area contributed by atoms with Crippen molar-refractivity contribution >= 4 is 21.5 Å². The quantitative estimate of drug-likeness (QED) is 0.202. The van der Waals surface area contributed by atoms with Crippen LogP contribution in [-0.4, -0.2) is 0 Å². The number of benzene rings is 7. The van der Waals surface area contributed by atoms with Gasteiger partial charge in [-0.05, 0) is 102 Å². The van der Waals surface area contributed by atoms with Gasteiger partial charge in [-0.2, -0.15) is 0 Å². The highest BCUT2D eigenvalue weighted by molar-refractivity contribution is 6.21. The van der Waals surface area contributed by atoms with Gasteiger partial charge in [0.15, 0.2) is 0 Å². The molecule has 0 saturated heterocycles. The summed E-state index contributed by atoms with van der Waals surface area (Å²) in [6.07, 6.45) is 1.07. The third-order valence-electron chi connectivity index (χ3n) is 8.87. The van der Waals surface area contributed by atoms with Crippen molar-refractivity contribution in [1.82, 2.24) is 0 Å². The normalized spacial score (nSPS) is 14.1. The summed E-state index contributed by atoms with van der Waals surface area (Å²) in [5.41, 5.74) is 13.4. The first-order chi connectivity index (χ1) is 20.3. The Morgan fingerprint density at radius 1 is 0.415 bits per heavy atom. The van der Waals surface area contributed by atoms with Crippen molar-refractivity contribution in [2.75, 3.05) is 0 Å². The topological polar surface area (TPSA) is 0 Å². The summed E-state index contributed by atoms with van der Waals surface area (Å²) in [5, 5.41) is 5.17. The third-order valence-corrected chi connectivity index (χ3v) is 8.87. The zero-order chi connectivity index (χ0) is 27.3. The molecule has 0 saturated carbocycles. The first kappa shape index (κ1) is 23.9. The van der Waals surface area contributed by atoms with Gasteiger partial charge in [-0.1, -0.05) is 140 Å². The first-order valence-electron chi connectivity index (χ1n) is 14.6. The molecule has 0 aromatic heterocycles. The Bertz CT molecular complexity index is 1990. The van der Waals surface area contributed by atoms with Gasteiger partial charge in [0.05, 0.1) is 0 Å². The maximum Gasteiger partial charge on any atom is -0.00259 e. The third kappa shape index (κ3) is 3.83. The molecule has 41 heavy (non-hydrogen) atoms. The van der Waals surface area contributed by atoms with E-state index in [9.17, 15) is 0 Å². The molecule has 0 heterocycles. The highest BCUT2D eigenvalue weighted by Crippen LogP contribution is 2.49. The number of rotatable bonds is 3. The lowest BCUT2D eigenvalue weighted by Gasteiger charge is -2.29. The fourth-order valence-corrected chi connectivity index (χ4v) is 7.16. The van der Waals surface area contributed by atoms with E-state index in [1.807, 2.05) is 0 Å². The van der Waals surface area contributed by atoms with E-state index in [0.29, 0.717) is 5.92 Å². The second-order valence-corrected chi connectivity index (χ2v) is 11.3. The molecule has 0 fully saturated rings. The van der Waals surface area contributed by atoms with Gasteiger partial charge in [-0.3, -0.25) is 0 Å². The Balaban J connectivity index is 1.52. The largest absolute Gasteiger partial charge is 0.0622 e. The Labute approximate surface area is 241 Å². The lowest BCUT2D eigenvalue weighted by Crippen LogP contribution is -2.10. The predicted octanol–water partition coefficient (Wildman–Crippen LogP) is 11.3. The van der Waals surface area contributed by atoms with Crippen molar-refractivity contribution in [3.8, 4) is 44.5 Å². The van der Waals surface area contributed by atoms with E-state index >= 15 is 0 Å². The summed E-state index contributed by atoms with van der Waals surface area (Å²) in [6, 6.07) is 53.7. The molecule has 0 heteroatoms. The van der Waals surface area contributed by atoms with E-state index < -0.39 is 0 Å². The van der Waals surface area contributed by atoms with E-state index in [1.165, 1.54) is 77.2 Å². The average Bonchev–Trinajstić information content (AvgIpc) is 3.04. The number of hydrogen-bond acceptors (Lipinski definition) is 0. The minimum absolute atomic E-state index is 0.443. The molecule has 8 rings (SSSR count). The molecule has 1 aliphatic carbocycles. The fourth-order valence-electron chi connectivity index (χ4n) is 7.16. The lowest BCUT2D eigenvalue weighted by molar-refractivity contribution is 0.751. The van der Waals surface area contributed by atoms with E-state index in [4.69, 9.17) is 0 Å². The van der Waals surface area contributed by atoms with Crippen LogP contribution in [0.1, 0.15) is 24.0 Å². The van der Waals surface area contributed by atoms with Gasteiger partial charge in [-0.15, -0.1) is 0 Å². The molecule has 1 aliphatic rings. The van der Waals surface area contributed by atoms with Gasteiger partial charge in [-0.25, -0.2) is 0 Å².